The van der Waals surface area contributed by atoms with Gasteiger partial charge >= 0.3 is 17.9 Å². The number of hydrogen-bond acceptors (Lipinski definition) is 8. The van der Waals surface area contributed by atoms with Crippen LogP contribution in [-0.4, -0.2) is 56.2 Å². The lowest BCUT2D eigenvalue weighted by Crippen LogP contribution is -2.42. The summed E-state index contributed by atoms with van der Waals surface area (Å²) in [6.45, 7) is 6.44. The smallest absolute Gasteiger partial charge is 0.303 e. The lowest BCUT2D eigenvalue weighted by Gasteiger charge is -2.34. The van der Waals surface area contributed by atoms with E-state index in [0.717, 1.165) is 0 Å². The first-order valence-electron chi connectivity index (χ1n) is 9.06. The zero-order valence-corrected chi connectivity index (χ0v) is 16.7. The third-order valence-corrected chi connectivity index (χ3v) is 3.57. The van der Waals surface area contributed by atoms with Crippen molar-refractivity contribution in [2.45, 2.75) is 46.2 Å². The van der Waals surface area contributed by atoms with Crippen LogP contribution in [0.4, 0.5) is 0 Å². The summed E-state index contributed by atoms with van der Waals surface area (Å²) in [6.07, 6.45) is 8.58. The Bertz CT molecular complexity index is 607. The van der Waals surface area contributed by atoms with Gasteiger partial charge in [-0.2, -0.15) is 0 Å². The van der Waals surface area contributed by atoms with E-state index in [1.54, 1.807) is 30.4 Å². The van der Waals surface area contributed by atoms with Gasteiger partial charge in [0.15, 0.2) is 6.29 Å². The summed E-state index contributed by atoms with van der Waals surface area (Å²) in [4.78, 5) is 33.2. The molecule has 0 aromatic rings. The number of rotatable bonds is 10. The van der Waals surface area contributed by atoms with E-state index in [4.69, 9.17) is 23.7 Å². The molecule has 0 saturated carbocycles. The van der Waals surface area contributed by atoms with Gasteiger partial charge in [-0.05, 0) is 19.1 Å². The second-order valence-corrected chi connectivity index (χ2v) is 5.95. The Labute approximate surface area is 165 Å². The summed E-state index contributed by atoms with van der Waals surface area (Å²) in [5, 5.41) is 0. The summed E-state index contributed by atoms with van der Waals surface area (Å²) in [5.41, 5.74) is 0. The molecule has 0 aliphatic carbocycles. The van der Waals surface area contributed by atoms with Crippen molar-refractivity contribution in [3.8, 4) is 0 Å². The summed E-state index contributed by atoms with van der Waals surface area (Å²) in [6, 6.07) is 0. The average Bonchev–Trinajstić information content (AvgIpc) is 2.62. The van der Waals surface area contributed by atoms with Crippen molar-refractivity contribution in [3.05, 3.63) is 36.5 Å². The maximum atomic E-state index is 11.5. The molecule has 0 bridgehead atoms. The minimum absolute atomic E-state index is 0.0785. The molecule has 8 heteroatoms. The zero-order chi connectivity index (χ0) is 20.9. The first-order chi connectivity index (χ1) is 13.3. The molecule has 8 nitrogen and oxygen atoms in total. The van der Waals surface area contributed by atoms with Crippen molar-refractivity contribution in [1.82, 2.24) is 0 Å². The first-order valence-corrected chi connectivity index (χ1v) is 9.06. The number of allylic oxidation sites excluding steroid dienone is 2. The van der Waals surface area contributed by atoms with E-state index < -0.39 is 30.4 Å². The Morgan fingerprint density at radius 3 is 2.36 bits per heavy atom. The fourth-order valence-corrected chi connectivity index (χ4v) is 2.44. The lowest BCUT2D eigenvalue weighted by atomic mass is 9.97. The van der Waals surface area contributed by atoms with Gasteiger partial charge in [-0.15, -0.1) is 0 Å². The highest BCUT2D eigenvalue weighted by atomic mass is 16.7. The van der Waals surface area contributed by atoms with Gasteiger partial charge in [-0.3, -0.25) is 14.4 Å². The molecule has 0 amide bonds. The van der Waals surface area contributed by atoms with E-state index in [1.807, 2.05) is 13.0 Å². The second kappa shape index (κ2) is 12.9. The molecule has 0 fully saturated rings. The minimum Gasteiger partial charge on any atom is -0.463 e. The van der Waals surface area contributed by atoms with Crippen molar-refractivity contribution >= 4 is 17.9 Å². The molecule has 0 unspecified atom stereocenters. The van der Waals surface area contributed by atoms with Crippen LogP contribution in [0, 0.1) is 5.92 Å². The van der Waals surface area contributed by atoms with Crippen LogP contribution < -0.4 is 0 Å². The van der Waals surface area contributed by atoms with Gasteiger partial charge < -0.3 is 23.7 Å². The van der Waals surface area contributed by atoms with E-state index >= 15 is 0 Å². The van der Waals surface area contributed by atoms with E-state index in [2.05, 4.69) is 0 Å². The van der Waals surface area contributed by atoms with Gasteiger partial charge in [-0.1, -0.05) is 24.3 Å². The van der Waals surface area contributed by atoms with Crippen LogP contribution in [0.2, 0.25) is 0 Å². The Hall–Kier alpha value is -2.45. The standard InChI is InChI=1S/C20H28O8/c1-5-24-20-18(11-10-17(28-20)13-26-15(3)22)19(27-16(4)23)9-7-6-8-12-25-14(2)21/h6-11,17-20H,5,12-13H2,1-4H3/b8-6+,9-7-/t17-,18+,19-,20-/m1/s1. The fourth-order valence-electron chi connectivity index (χ4n) is 2.44. The molecule has 0 aromatic carbocycles. The Balaban J connectivity index is 2.84. The van der Waals surface area contributed by atoms with Crippen LogP contribution in [0.25, 0.3) is 0 Å². The molecule has 4 atom stereocenters. The van der Waals surface area contributed by atoms with E-state index in [-0.39, 0.29) is 25.1 Å². The molecule has 0 saturated heterocycles. The predicted molar refractivity (Wildman–Crippen MR) is 100 cm³/mol. The Morgan fingerprint density at radius 1 is 1.04 bits per heavy atom. The quantitative estimate of drug-likeness (QED) is 0.240. The van der Waals surface area contributed by atoms with Crippen molar-refractivity contribution in [3.63, 3.8) is 0 Å². The van der Waals surface area contributed by atoms with Gasteiger partial charge in [0.2, 0.25) is 0 Å². The summed E-state index contributed by atoms with van der Waals surface area (Å²) < 4.78 is 26.7. The molecular formula is C20H28O8. The molecular weight excluding hydrogens is 368 g/mol. The van der Waals surface area contributed by atoms with Crippen LogP contribution in [0.5, 0.6) is 0 Å². The van der Waals surface area contributed by atoms with Gasteiger partial charge in [0.1, 0.15) is 25.4 Å². The van der Waals surface area contributed by atoms with Crippen LogP contribution in [0.1, 0.15) is 27.7 Å². The van der Waals surface area contributed by atoms with Gasteiger partial charge in [0, 0.05) is 27.4 Å². The number of hydrogen-bond donors (Lipinski definition) is 0. The van der Waals surface area contributed by atoms with Gasteiger partial charge in [-0.25, -0.2) is 0 Å². The molecule has 1 rings (SSSR count). The molecule has 0 spiro atoms. The maximum Gasteiger partial charge on any atom is 0.303 e. The van der Waals surface area contributed by atoms with Crippen molar-refractivity contribution in [2.24, 2.45) is 5.92 Å². The number of carbonyl (C=O) groups is 3. The summed E-state index contributed by atoms with van der Waals surface area (Å²) in [5.74, 6) is -1.58. The SMILES string of the molecule is CCO[C@@H]1O[C@@H](COC(C)=O)C=C[C@H]1[C@@H](/C=C\C=C\COC(C)=O)OC(C)=O. The molecule has 0 radical (unpaired) electrons. The fraction of sp³-hybridized carbons (Fsp3) is 0.550. The number of carbonyl (C=O) groups excluding carboxylic acids is 3. The van der Waals surface area contributed by atoms with Crippen LogP contribution in [0.15, 0.2) is 36.5 Å². The highest BCUT2D eigenvalue weighted by Crippen LogP contribution is 2.26. The topological polar surface area (TPSA) is 97.4 Å². The zero-order valence-electron chi connectivity index (χ0n) is 16.7. The Morgan fingerprint density at radius 2 is 1.75 bits per heavy atom. The van der Waals surface area contributed by atoms with Gasteiger partial charge in [0.25, 0.3) is 0 Å². The Kier molecular flexibility index (Phi) is 10.8. The summed E-state index contributed by atoms with van der Waals surface area (Å²) in [7, 11) is 0. The number of ether oxygens (including phenoxy) is 5. The average molecular weight is 396 g/mol. The third kappa shape index (κ3) is 9.48. The van der Waals surface area contributed by atoms with Crippen molar-refractivity contribution in [1.29, 1.82) is 0 Å². The van der Waals surface area contributed by atoms with Crippen molar-refractivity contribution < 1.29 is 38.1 Å². The van der Waals surface area contributed by atoms with Crippen molar-refractivity contribution in [2.75, 3.05) is 19.8 Å². The largest absolute Gasteiger partial charge is 0.463 e. The number of esters is 3. The second-order valence-electron chi connectivity index (χ2n) is 5.95. The summed E-state index contributed by atoms with van der Waals surface area (Å²) >= 11 is 0. The molecule has 1 aliphatic rings. The molecule has 28 heavy (non-hydrogen) atoms. The molecule has 0 N–H and O–H groups in total. The van der Waals surface area contributed by atoms with Crippen LogP contribution in [0.3, 0.4) is 0 Å². The first kappa shape index (κ1) is 23.6. The molecule has 156 valence electrons. The molecule has 1 aliphatic heterocycles. The highest BCUT2D eigenvalue weighted by Gasteiger charge is 2.34. The molecule has 1 heterocycles. The lowest BCUT2D eigenvalue weighted by molar-refractivity contribution is -0.208. The maximum absolute atomic E-state index is 11.5. The minimum atomic E-state index is -0.672. The highest BCUT2D eigenvalue weighted by molar-refractivity contribution is 5.66. The van der Waals surface area contributed by atoms with Gasteiger partial charge in [0.05, 0.1) is 5.92 Å². The van der Waals surface area contributed by atoms with Crippen LogP contribution >= 0.6 is 0 Å². The van der Waals surface area contributed by atoms with Crippen LogP contribution in [-0.2, 0) is 38.1 Å². The third-order valence-electron chi connectivity index (χ3n) is 3.57. The monoisotopic (exact) mass is 396 g/mol. The van der Waals surface area contributed by atoms with E-state index in [9.17, 15) is 14.4 Å². The predicted octanol–water partition coefficient (Wildman–Crippen LogP) is 2.09. The van der Waals surface area contributed by atoms with E-state index in [1.165, 1.54) is 20.8 Å². The van der Waals surface area contributed by atoms with E-state index in [0.29, 0.717) is 6.61 Å². The normalized spacial score (nSPS) is 22.9. The molecule has 0 aromatic heterocycles.